The molecule has 1 atom stereocenters. The maximum atomic E-state index is 12.4. The molecule has 0 radical (unpaired) electrons. The Hall–Kier alpha value is -3.75. The van der Waals surface area contributed by atoms with Gasteiger partial charge in [0.2, 0.25) is 5.91 Å². The molecule has 1 saturated heterocycles. The molecule has 1 aliphatic heterocycles. The molecular weight excluding hydrogens is 476 g/mol. The van der Waals surface area contributed by atoms with Crippen LogP contribution in [-0.4, -0.2) is 74.4 Å². The van der Waals surface area contributed by atoms with Crippen molar-refractivity contribution in [2.75, 3.05) is 25.0 Å². The van der Waals surface area contributed by atoms with Gasteiger partial charge in [0.25, 0.3) is 0 Å². The number of likely N-dealkylation sites (tertiary alicyclic amines) is 1. The molecule has 1 amide bonds. The predicted molar refractivity (Wildman–Crippen MR) is 130 cm³/mol. The highest BCUT2D eigenvalue weighted by atomic mass is 35.5. The van der Waals surface area contributed by atoms with Gasteiger partial charge in [-0.05, 0) is 26.7 Å². The highest BCUT2D eigenvalue weighted by molar-refractivity contribution is 6.34. The van der Waals surface area contributed by atoms with E-state index in [-0.39, 0.29) is 24.0 Å². The zero-order valence-corrected chi connectivity index (χ0v) is 20.1. The number of anilines is 1. The number of carboxylic acid groups (broad SMARTS) is 2. The number of fused-ring (bicyclic) bond motifs is 1. The van der Waals surface area contributed by atoms with Crippen molar-refractivity contribution in [1.82, 2.24) is 20.4 Å². The Kier molecular flexibility index (Phi) is 9.93. The van der Waals surface area contributed by atoms with Gasteiger partial charge < -0.3 is 25.7 Å². The number of carbonyl (C=O) groups excluding carboxylic acids is 1. The van der Waals surface area contributed by atoms with Crippen LogP contribution in [0.1, 0.15) is 26.7 Å². The first-order valence-corrected chi connectivity index (χ1v) is 11.1. The fourth-order valence-corrected chi connectivity index (χ4v) is 3.53. The van der Waals surface area contributed by atoms with E-state index >= 15 is 0 Å². The molecule has 3 rings (SSSR count). The van der Waals surface area contributed by atoms with Crippen molar-refractivity contribution in [3.63, 3.8) is 0 Å². The first-order valence-electron chi connectivity index (χ1n) is 10.8. The number of rotatable bonds is 8. The maximum Gasteiger partial charge on any atom is 0.328 e. The Bertz CT molecular complexity index is 1130. The largest absolute Gasteiger partial charge is 0.478 e. The van der Waals surface area contributed by atoms with E-state index < -0.39 is 11.9 Å². The van der Waals surface area contributed by atoms with Gasteiger partial charge in [-0.3, -0.25) is 4.79 Å². The molecule has 2 heterocycles. The molecule has 1 aromatic carbocycles. The Morgan fingerprint density at radius 3 is 2.43 bits per heavy atom. The van der Waals surface area contributed by atoms with Gasteiger partial charge in [0, 0.05) is 41.6 Å². The summed E-state index contributed by atoms with van der Waals surface area (Å²) >= 11 is 6.11. The average Bonchev–Trinajstić information content (AvgIpc) is 3.31. The lowest BCUT2D eigenvalue weighted by Gasteiger charge is -2.28. The normalized spacial score (nSPS) is 15.4. The van der Waals surface area contributed by atoms with E-state index in [0.717, 1.165) is 23.6 Å². The average molecular weight is 503 g/mol. The highest BCUT2D eigenvalue weighted by Gasteiger charge is 2.29. The Morgan fingerprint density at radius 2 is 1.83 bits per heavy atom. The third kappa shape index (κ3) is 8.51. The second-order valence-corrected chi connectivity index (χ2v) is 8.72. The summed E-state index contributed by atoms with van der Waals surface area (Å²) in [5.41, 5.74) is -0.361. The van der Waals surface area contributed by atoms with Gasteiger partial charge in [-0.25, -0.2) is 9.59 Å². The van der Waals surface area contributed by atoms with Crippen LogP contribution < -0.4 is 10.6 Å². The molecule has 35 heavy (non-hydrogen) atoms. The molecule has 0 aliphatic carbocycles. The quantitative estimate of drug-likeness (QED) is 0.393. The molecule has 186 valence electrons. The Labute approximate surface area is 207 Å². The number of halogens is 1. The highest BCUT2D eigenvalue weighted by Crippen LogP contribution is 2.25. The number of nitrogens with one attached hydrogen (secondary N) is 2. The molecule has 12 heteroatoms. The Morgan fingerprint density at radius 1 is 1.20 bits per heavy atom. The SMILES string of the molecule is CC(C)(CNc1nnc(Cl)c2ccccc12)NCC(=O)N1CCC[C@H]1C#N.O=C(O)/C=C/C(=O)O. The summed E-state index contributed by atoms with van der Waals surface area (Å²) in [7, 11) is 0. The first-order chi connectivity index (χ1) is 16.5. The number of aliphatic carboxylic acids is 2. The summed E-state index contributed by atoms with van der Waals surface area (Å²) in [4.78, 5) is 33.2. The molecule has 11 nitrogen and oxygen atoms in total. The van der Waals surface area contributed by atoms with Crippen LogP contribution in [0, 0.1) is 11.3 Å². The number of nitriles is 1. The number of carbonyl (C=O) groups is 3. The lowest BCUT2D eigenvalue weighted by Crippen LogP contribution is -2.50. The second-order valence-electron chi connectivity index (χ2n) is 8.36. The van der Waals surface area contributed by atoms with E-state index in [0.29, 0.717) is 36.2 Å². The van der Waals surface area contributed by atoms with Gasteiger partial charge in [0.15, 0.2) is 11.0 Å². The fourth-order valence-electron chi connectivity index (χ4n) is 3.33. The molecule has 1 fully saturated rings. The van der Waals surface area contributed by atoms with Gasteiger partial charge in [-0.2, -0.15) is 5.26 Å². The van der Waals surface area contributed by atoms with Crippen molar-refractivity contribution in [2.45, 2.75) is 38.3 Å². The van der Waals surface area contributed by atoms with Crippen LogP contribution in [0.15, 0.2) is 36.4 Å². The van der Waals surface area contributed by atoms with Crippen LogP contribution in [0.5, 0.6) is 0 Å². The summed E-state index contributed by atoms with van der Waals surface area (Å²) in [5, 5.41) is 41.6. The Balaban J connectivity index is 0.000000466. The molecule has 0 saturated carbocycles. The molecule has 2 aromatic rings. The van der Waals surface area contributed by atoms with E-state index in [9.17, 15) is 14.4 Å². The summed E-state index contributed by atoms with van der Waals surface area (Å²) in [6.45, 7) is 5.40. The summed E-state index contributed by atoms with van der Waals surface area (Å²) in [6, 6.07) is 9.58. The van der Waals surface area contributed by atoms with Crippen molar-refractivity contribution < 1.29 is 24.6 Å². The fraction of sp³-hybridized carbons (Fsp3) is 0.391. The minimum atomic E-state index is -1.26. The maximum absolute atomic E-state index is 12.4. The van der Waals surface area contributed by atoms with Gasteiger partial charge in [0.1, 0.15) is 6.04 Å². The van der Waals surface area contributed by atoms with Crippen LogP contribution in [0.4, 0.5) is 5.82 Å². The van der Waals surface area contributed by atoms with Crippen molar-refractivity contribution in [1.29, 1.82) is 5.26 Å². The van der Waals surface area contributed by atoms with Crippen molar-refractivity contribution in [3.8, 4) is 6.07 Å². The summed E-state index contributed by atoms with van der Waals surface area (Å²) < 4.78 is 0. The second kappa shape index (κ2) is 12.6. The predicted octanol–water partition coefficient (Wildman–Crippen LogP) is 2.29. The number of nitrogens with zero attached hydrogens (tertiary/aromatic N) is 4. The van der Waals surface area contributed by atoms with Crippen LogP contribution >= 0.6 is 11.6 Å². The molecule has 0 bridgehead atoms. The number of carboxylic acids is 2. The van der Waals surface area contributed by atoms with Gasteiger partial charge >= 0.3 is 11.9 Å². The van der Waals surface area contributed by atoms with Crippen LogP contribution in [0.3, 0.4) is 0 Å². The monoisotopic (exact) mass is 502 g/mol. The summed E-state index contributed by atoms with van der Waals surface area (Å²) in [5.74, 6) is -1.90. The number of aromatic nitrogens is 2. The smallest absolute Gasteiger partial charge is 0.328 e. The molecule has 4 N–H and O–H groups in total. The topological polar surface area (TPSA) is 169 Å². The van der Waals surface area contributed by atoms with E-state index in [2.05, 4.69) is 26.9 Å². The molecular formula is C23H27ClN6O5. The molecule has 1 aliphatic rings. The molecule has 0 spiro atoms. The van der Waals surface area contributed by atoms with E-state index in [4.69, 9.17) is 27.1 Å². The molecule has 1 aromatic heterocycles. The lowest BCUT2D eigenvalue weighted by molar-refractivity contribution is -0.134. The van der Waals surface area contributed by atoms with E-state index in [1.807, 2.05) is 38.1 Å². The van der Waals surface area contributed by atoms with E-state index in [1.54, 1.807) is 4.90 Å². The number of hydrogen-bond acceptors (Lipinski definition) is 8. The van der Waals surface area contributed by atoms with E-state index in [1.165, 1.54) is 0 Å². The third-order valence-electron chi connectivity index (χ3n) is 5.15. The van der Waals surface area contributed by atoms with Gasteiger partial charge in [-0.1, -0.05) is 35.9 Å². The standard InChI is InChI=1S/C19H23ClN6O.C4H4O4/c1-19(2,23-11-16(27)26-9-5-6-13(26)10-21)12-22-18-15-8-4-3-7-14(15)17(20)24-25-18;5-3(6)1-2-4(7)8/h3-4,7-8,13,23H,5-6,9,11-12H2,1-2H3,(H,22,25);1-2H,(H,5,6)(H,7,8)/b;2-1+/t13-;/m0./s1. The first kappa shape index (κ1) is 27.5. The molecule has 0 unspecified atom stereocenters. The zero-order chi connectivity index (χ0) is 26.0. The van der Waals surface area contributed by atoms with Crippen LogP contribution in [-0.2, 0) is 14.4 Å². The number of amides is 1. The zero-order valence-electron chi connectivity index (χ0n) is 19.4. The van der Waals surface area contributed by atoms with Crippen LogP contribution in [0.2, 0.25) is 5.15 Å². The lowest BCUT2D eigenvalue weighted by atomic mass is 10.1. The number of hydrogen-bond donors (Lipinski definition) is 4. The van der Waals surface area contributed by atoms with Gasteiger partial charge in [0.05, 0.1) is 12.6 Å². The minimum Gasteiger partial charge on any atom is -0.478 e. The van der Waals surface area contributed by atoms with Crippen molar-refractivity contribution in [3.05, 3.63) is 41.6 Å². The minimum absolute atomic E-state index is 0.0381. The number of benzene rings is 1. The summed E-state index contributed by atoms with van der Waals surface area (Å²) in [6.07, 6.45) is 2.76. The van der Waals surface area contributed by atoms with Crippen molar-refractivity contribution in [2.24, 2.45) is 0 Å². The van der Waals surface area contributed by atoms with Crippen molar-refractivity contribution >= 4 is 46.0 Å². The third-order valence-corrected chi connectivity index (χ3v) is 5.43. The van der Waals surface area contributed by atoms with Crippen LogP contribution in [0.25, 0.3) is 10.8 Å². The van der Waals surface area contributed by atoms with Gasteiger partial charge in [-0.15, -0.1) is 10.2 Å².